The number of nitrogens with zero attached hydrogens (tertiary/aromatic N) is 3. The molecule has 1 aliphatic rings. The van der Waals surface area contributed by atoms with Crippen LogP contribution in [0.2, 0.25) is 5.02 Å². The summed E-state index contributed by atoms with van der Waals surface area (Å²) < 4.78 is 42.8. The number of nitrogens with two attached hydrogens (primary N) is 1. The molecule has 36 heavy (non-hydrogen) atoms. The van der Waals surface area contributed by atoms with Crippen molar-refractivity contribution in [2.45, 2.75) is 19.1 Å². The van der Waals surface area contributed by atoms with Gasteiger partial charge in [-0.25, -0.2) is 18.2 Å². The Morgan fingerprint density at radius 2 is 1.64 bits per heavy atom. The first-order valence-electron chi connectivity index (χ1n) is 11.2. The van der Waals surface area contributed by atoms with Crippen LogP contribution in [0.3, 0.4) is 0 Å². The number of benzene rings is 3. The second-order valence-electron chi connectivity index (χ2n) is 8.43. The van der Waals surface area contributed by atoms with E-state index in [1.54, 1.807) is 23.1 Å². The lowest BCUT2D eigenvalue weighted by molar-refractivity contribution is -0.134. The summed E-state index contributed by atoms with van der Waals surface area (Å²) in [5, 5.41) is 3.21. The van der Waals surface area contributed by atoms with Crippen molar-refractivity contribution >= 4 is 29.0 Å². The average molecular weight is 512 g/mol. The van der Waals surface area contributed by atoms with Gasteiger partial charge in [0.25, 0.3) is 0 Å². The fourth-order valence-corrected chi connectivity index (χ4v) is 4.29. The molecule has 3 N–H and O–H groups in total. The molecule has 0 saturated carbocycles. The fourth-order valence-electron chi connectivity index (χ4n) is 4.18. The van der Waals surface area contributed by atoms with E-state index in [1.165, 1.54) is 48.5 Å². The summed E-state index contributed by atoms with van der Waals surface area (Å²) in [5.74, 6) is -0.523. The first-order valence-corrected chi connectivity index (χ1v) is 11.5. The van der Waals surface area contributed by atoms with Crippen LogP contribution in [0.4, 0.5) is 24.7 Å². The molecule has 0 saturated heterocycles. The summed E-state index contributed by atoms with van der Waals surface area (Å²) >= 11 is 5.82. The Balaban J connectivity index is 1.47. The van der Waals surface area contributed by atoms with Gasteiger partial charge < -0.3 is 20.5 Å². The van der Waals surface area contributed by atoms with Crippen molar-refractivity contribution in [3.63, 3.8) is 0 Å². The number of hydrogen-bond acceptors (Lipinski definition) is 4. The maximum Gasteiger partial charge on any atom is 0.244 e. The second-order valence-corrected chi connectivity index (χ2v) is 8.83. The molecular weight excluding hydrogens is 491 g/mol. The summed E-state index contributed by atoms with van der Waals surface area (Å²) in [4.78, 5) is 19.4. The van der Waals surface area contributed by atoms with Gasteiger partial charge in [-0.1, -0.05) is 23.7 Å². The first-order chi connectivity index (χ1) is 17.3. The fraction of sp³-hybridized carbons (Fsp3) is 0.154. The molecule has 0 aliphatic carbocycles. The third kappa shape index (κ3) is 4.67. The molecule has 0 unspecified atom stereocenters. The SMILES string of the molecule is N[C@H](C(=O)N1CCn2c(nc(-c3ccc(F)cc3)c2Nc2ccc(Cl)c(F)c2)C1)c1ccc(F)cc1. The largest absolute Gasteiger partial charge is 0.340 e. The lowest BCUT2D eigenvalue weighted by Crippen LogP contribution is -2.43. The van der Waals surface area contributed by atoms with Gasteiger partial charge in [0, 0.05) is 24.3 Å². The second kappa shape index (κ2) is 9.67. The van der Waals surface area contributed by atoms with Crippen LogP contribution in [0.25, 0.3) is 11.3 Å². The van der Waals surface area contributed by atoms with Crippen molar-refractivity contribution in [1.82, 2.24) is 14.5 Å². The van der Waals surface area contributed by atoms with Gasteiger partial charge in [0.2, 0.25) is 5.91 Å². The lowest BCUT2D eigenvalue weighted by atomic mass is 10.1. The summed E-state index contributed by atoms with van der Waals surface area (Å²) in [6.45, 7) is 0.923. The third-order valence-electron chi connectivity index (χ3n) is 6.08. The zero-order chi connectivity index (χ0) is 25.4. The van der Waals surface area contributed by atoms with Gasteiger partial charge in [-0.05, 0) is 60.2 Å². The molecule has 3 aromatic carbocycles. The molecule has 0 radical (unpaired) electrons. The maximum atomic E-state index is 14.1. The zero-order valence-corrected chi connectivity index (χ0v) is 19.6. The van der Waals surface area contributed by atoms with Crippen LogP contribution in [-0.4, -0.2) is 26.9 Å². The minimum atomic E-state index is -0.946. The van der Waals surface area contributed by atoms with Gasteiger partial charge in [-0.3, -0.25) is 4.79 Å². The van der Waals surface area contributed by atoms with E-state index in [4.69, 9.17) is 22.3 Å². The number of nitrogens with one attached hydrogen (secondary N) is 1. The normalized spacial score (nSPS) is 13.9. The molecule has 6 nitrogen and oxygen atoms in total. The van der Waals surface area contributed by atoms with Crippen molar-refractivity contribution in [2.75, 3.05) is 11.9 Å². The van der Waals surface area contributed by atoms with E-state index in [1.807, 2.05) is 4.57 Å². The van der Waals surface area contributed by atoms with Gasteiger partial charge >= 0.3 is 0 Å². The first kappa shape index (κ1) is 23.9. The van der Waals surface area contributed by atoms with E-state index in [9.17, 15) is 18.0 Å². The standard InChI is InChI=1S/C26H21ClF3N5O/c27-20-10-9-19(13-21(20)30)32-25-24(16-3-7-18(29)8-4-16)33-22-14-34(11-12-35(22)25)26(36)23(31)15-1-5-17(28)6-2-15/h1-10,13,23,32H,11-12,14,31H2/t23-/m0/s1. The van der Waals surface area contributed by atoms with Crippen molar-refractivity contribution in [2.24, 2.45) is 5.73 Å². The Hall–Kier alpha value is -3.82. The number of rotatable bonds is 5. The van der Waals surface area contributed by atoms with Crippen LogP contribution in [0.1, 0.15) is 17.4 Å². The number of carbonyl (C=O) groups is 1. The van der Waals surface area contributed by atoms with Gasteiger partial charge in [0.15, 0.2) is 0 Å². The van der Waals surface area contributed by atoms with Crippen LogP contribution >= 0.6 is 11.6 Å². The summed E-state index contributed by atoms with van der Waals surface area (Å²) in [6, 6.07) is 14.8. The molecule has 1 amide bonds. The highest BCUT2D eigenvalue weighted by molar-refractivity contribution is 6.30. The van der Waals surface area contributed by atoms with E-state index in [-0.39, 0.29) is 23.3 Å². The maximum absolute atomic E-state index is 14.1. The number of hydrogen-bond donors (Lipinski definition) is 2. The minimum Gasteiger partial charge on any atom is -0.340 e. The number of imidazole rings is 1. The topological polar surface area (TPSA) is 76.2 Å². The molecule has 10 heteroatoms. The highest BCUT2D eigenvalue weighted by atomic mass is 35.5. The highest BCUT2D eigenvalue weighted by Crippen LogP contribution is 2.34. The Kier molecular flexibility index (Phi) is 6.42. The van der Waals surface area contributed by atoms with Crippen molar-refractivity contribution < 1.29 is 18.0 Å². The van der Waals surface area contributed by atoms with Crippen molar-refractivity contribution in [3.8, 4) is 11.3 Å². The molecule has 184 valence electrons. The number of halogens is 4. The molecule has 0 fully saturated rings. The predicted octanol–water partition coefficient (Wildman–Crippen LogP) is 5.41. The third-order valence-corrected chi connectivity index (χ3v) is 6.39. The highest BCUT2D eigenvalue weighted by Gasteiger charge is 2.30. The van der Waals surface area contributed by atoms with E-state index in [0.717, 1.165) is 0 Å². The van der Waals surface area contributed by atoms with E-state index < -0.39 is 17.7 Å². The van der Waals surface area contributed by atoms with Gasteiger partial charge in [0.05, 0.1) is 11.6 Å². The predicted molar refractivity (Wildman–Crippen MR) is 131 cm³/mol. The Labute approximate surface area is 210 Å². The number of amides is 1. The summed E-state index contributed by atoms with van der Waals surface area (Å²) in [5.41, 5.74) is 8.31. The van der Waals surface area contributed by atoms with E-state index >= 15 is 0 Å². The number of carbonyl (C=O) groups excluding carboxylic acids is 1. The Bertz CT molecular complexity index is 1420. The van der Waals surface area contributed by atoms with Crippen molar-refractivity contribution in [3.05, 3.63) is 101 Å². The molecule has 1 aromatic heterocycles. The molecule has 1 atom stereocenters. The van der Waals surface area contributed by atoms with E-state index in [2.05, 4.69) is 5.32 Å². The van der Waals surface area contributed by atoms with Gasteiger partial charge in [-0.2, -0.15) is 0 Å². The molecule has 0 bridgehead atoms. The van der Waals surface area contributed by atoms with Gasteiger partial charge in [0.1, 0.15) is 40.8 Å². The molecule has 1 aliphatic heterocycles. The zero-order valence-electron chi connectivity index (χ0n) is 18.9. The molecule has 2 heterocycles. The monoisotopic (exact) mass is 511 g/mol. The smallest absolute Gasteiger partial charge is 0.244 e. The molecular formula is C26H21ClF3N5O. The molecule has 5 rings (SSSR count). The van der Waals surface area contributed by atoms with Crippen LogP contribution < -0.4 is 11.1 Å². The van der Waals surface area contributed by atoms with Crippen LogP contribution in [0.15, 0.2) is 66.7 Å². The molecule has 4 aromatic rings. The lowest BCUT2D eigenvalue weighted by Gasteiger charge is -2.30. The number of aromatic nitrogens is 2. The molecule has 0 spiro atoms. The average Bonchev–Trinajstić information content (AvgIpc) is 3.23. The van der Waals surface area contributed by atoms with Crippen LogP contribution in [0.5, 0.6) is 0 Å². The quantitative estimate of drug-likeness (QED) is 0.376. The van der Waals surface area contributed by atoms with Crippen LogP contribution in [0, 0.1) is 17.5 Å². The van der Waals surface area contributed by atoms with Crippen molar-refractivity contribution in [1.29, 1.82) is 0 Å². The van der Waals surface area contributed by atoms with Gasteiger partial charge in [-0.15, -0.1) is 0 Å². The summed E-state index contributed by atoms with van der Waals surface area (Å²) in [6.07, 6.45) is 0. The summed E-state index contributed by atoms with van der Waals surface area (Å²) in [7, 11) is 0. The van der Waals surface area contributed by atoms with E-state index in [0.29, 0.717) is 47.2 Å². The number of fused-ring (bicyclic) bond motifs is 1. The Morgan fingerprint density at radius 3 is 2.31 bits per heavy atom. The number of anilines is 2. The minimum absolute atomic E-state index is 0.00117. The van der Waals surface area contributed by atoms with Crippen LogP contribution in [-0.2, 0) is 17.9 Å². The Morgan fingerprint density at radius 1 is 0.972 bits per heavy atom.